The molecule has 0 radical (unpaired) electrons. The van der Waals surface area contributed by atoms with Crippen molar-refractivity contribution in [3.05, 3.63) is 0 Å². The molecule has 1 saturated carbocycles. The molecule has 0 aromatic carbocycles. The van der Waals surface area contributed by atoms with E-state index in [0.29, 0.717) is 0 Å². The summed E-state index contributed by atoms with van der Waals surface area (Å²) < 4.78 is 0. The molecule has 1 aliphatic heterocycles. The second kappa shape index (κ2) is 6.62. The molecule has 2 fully saturated rings. The van der Waals surface area contributed by atoms with Gasteiger partial charge in [0.25, 0.3) is 0 Å². The van der Waals surface area contributed by atoms with Gasteiger partial charge in [0.15, 0.2) is 0 Å². The molecule has 0 aromatic rings. The van der Waals surface area contributed by atoms with Crippen molar-refractivity contribution in [2.45, 2.75) is 69.8 Å². The van der Waals surface area contributed by atoms with E-state index in [4.69, 9.17) is 0 Å². The van der Waals surface area contributed by atoms with Crippen LogP contribution in [0.5, 0.6) is 0 Å². The molecule has 18 heavy (non-hydrogen) atoms. The Kier molecular flexibility index (Phi) is 5.40. The van der Waals surface area contributed by atoms with Crippen LogP contribution >= 0.6 is 11.8 Å². The lowest BCUT2D eigenvalue weighted by Crippen LogP contribution is -2.55. The van der Waals surface area contributed by atoms with Crippen LogP contribution in [-0.4, -0.2) is 47.6 Å². The molecule has 0 aromatic heterocycles. The summed E-state index contributed by atoms with van der Waals surface area (Å²) in [5, 5.41) is 4.59. The number of piperidine rings is 1. The molecule has 5 unspecified atom stereocenters. The highest BCUT2D eigenvalue weighted by Crippen LogP contribution is 2.35. The molecule has 0 amide bonds. The molecule has 0 spiro atoms. The monoisotopic (exact) mass is 270 g/mol. The minimum atomic E-state index is 0.735. The van der Waals surface area contributed by atoms with Crippen molar-refractivity contribution >= 4 is 11.8 Å². The van der Waals surface area contributed by atoms with Gasteiger partial charge in [0.2, 0.25) is 0 Å². The maximum absolute atomic E-state index is 3.66. The van der Waals surface area contributed by atoms with Crippen molar-refractivity contribution in [1.29, 1.82) is 0 Å². The predicted molar refractivity (Wildman–Crippen MR) is 82.4 cm³/mol. The van der Waals surface area contributed by atoms with E-state index in [1.807, 2.05) is 0 Å². The molecule has 3 heteroatoms. The maximum atomic E-state index is 3.66. The predicted octanol–water partition coefficient (Wildman–Crippen LogP) is 2.98. The molecule has 106 valence electrons. The van der Waals surface area contributed by atoms with Crippen LogP contribution in [-0.2, 0) is 0 Å². The fourth-order valence-electron chi connectivity index (χ4n) is 3.89. The van der Waals surface area contributed by atoms with Crippen LogP contribution in [0.2, 0.25) is 0 Å². The van der Waals surface area contributed by atoms with Gasteiger partial charge in [0, 0.05) is 29.9 Å². The Bertz CT molecular complexity index is 259. The summed E-state index contributed by atoms with van der Waals surface area (Å²) >= 11 is 2.07. The summed E-state index contributed by atoms with van der Waals surface area (Å²) in [5.74, 6) is 0.784. The minimum absolute atomic E-state index is 0.735. The first-order chi connectivity index (χ1) is 8.67. The van der Waals surface area contributed by atoms with Gasteiger partial charge in [-0.2, -0.15) is 11.8 Å². The van der Waals surface area contributed by atoms with Crippen LogP contribution in [0.1, 0.15) is 46.5 Å². The van der Waals surface area contributed by atoms with Crippen molar-refractivity contribution in [2.24, 2.45) is 5.92 Å². The van der Waals surface area contributed by atoms with Gasteiger partial charge >= 0.3 is 0 Å². The van der Waals surface area contributed by atoms with Crippen LogP contribution in [0.4, 0.5) is 0 Å². The van der Waals surface area contributed by atoms with Crippen molar-refractivity contribution in [2.75, 3.05) is 19.3 Å². The second-order valence-electron chi connectivity index (χ2n) is 6.11. The lowest BCUT2D eigenvalue weighted by Gasteiger charge is -2.46. The van der Waals surface area contributed by atoms with Gasteiger partial charge < -0.3 is 5.32 Å². The van der Waals surface area contributed by atoms with Gasteiger partial charge in [-0.05, 0) is 51.3 Å². The van der Waals surface area contributed by atoms with Gasteiger partial charge in [-0.1, -0.05) is 13.8 Å². The van der Waals surface area contributed by atoms with Crippen LogP contribution < -0.4 is 5.32 Å². The molecule has 1 saturated heterocycles. The minimum Gasteiger partial charge on any atom is -0.314 e. The third kappa shape index (κ3) is 3.05. The number of rotatable bonds is 4. The van der Waals surface area contributed by atoms with Gasteiger partial charge in [0.1, 0.15) is 0 Å². The van der Waals surface area contributed by atoms with Crippen molar-refractivity contribution in [3.63, 3.8) is 0 Å². The van der Waals surface area contributed by atoms with Gasteiger partial charge in [-0.15, -0.1) is 0 Å². The smallest absolute Gasteiger partial charge is 0.0120 e. The zero-order valence-electron chi connectivity index (χ0n) is 12.5. The zero-order valence-corrected chi connectivity index (χ0v) is 13.3. The van der Waals surface area contributed by atoms with E-state index in [2.05, 4.69) is 49.0 Å². The third-order valence-electron chi connectivity index (χ3n) is 5.24. The van der Waals surface area contributed by atoms with Crippen LogP contribution in [0.15, 0.2) is 0 Å². The normalized spacial score (nSPS) is 42.3. The molecule has 1 N–H and O–H groups in total. The molecule has 1 heterocycles. The standard InChI is InChI=1S/C15H30N2S/c1-5-16-15-8-9-17(12(3)11(15)2)13-6-7-14(10-13)18-4/h11-16H,5-10H2,1-4H3. The molecule has 2 rings (SSSR count). The first-order valence-electron chi connectivity index (χ1n) is 7.69. The molecule has 5 atom stereocenters. The quantitative estimate of drug-likeness (QED) is 0.845. The fourth-order valence-corrected chi connectivity index (χ4v) is 4.68. The maximum Gasteiger partial charge on any atom is 0.0120 e. The molecule has 2 nitrogen and oxygen atoms in total. The average Bonchev–Trinajstić information content (AvgIpc) is 2.84. The average molecular weight is 270 g/mol. The number of thioether (sulfide) groups is 1. The van der Waals surface area contributed by atoms with Crippen molar-refractivity contribution in [1.82, 2.24) is 10.2 Å². The van der Waals surface area contributed by atoms with E-state index in [1.165, 1.54) is 32.2 Å². The molecule has 1 aliphatic carbocycles. The second-order valence-corrected chi connectivity index (χ2v) is 7.25. The largest absolute Gasteiger partial charge is 0.314 e. The highest BCUT2D eigenvalue weighted by atomic mass is 32.2. The summed E-state index contributed by atoms with van der Waals surface area (Å²) in [5.41, 5.74) is 0. The van der Waals surface area contributed by atoms with E-state index in [1.54, 1.807) is 0 Å². The first-order valence-corrected chi connectivity index (χ1v) is 8.98. The number of hydrogen-bond donors (Lipinski definition) is 1. The first kappa shape index (κ1) is 14.7. The summed E-state index contributed by atoms with van der Waals surface area (Å²) in [6.07, 6.45) is 7.88. The summed E-state index contributed by atoms with van der Waals surface area (Å²) in [7, 11) is 0. The van der Waals surface area contributed by atoms with Gasteiger partial charge in [-0.25, -0.2) is 0 Å². The molecule has 0 bridgehead atoms. The van der Waals surface area contributed by atoms with Crippen LogP contribution in [0, 0.1) is 5.92 Å². The van der Waals surface area contributed by atoms with E-state index in [-0.39, 0.29) is 0 Å². The Morgan fingerprint density at radius 3 is 2.61 bits per heavy atom. The molecule has 2 aliphatic rings. The van der Waals surface area contributed by atoms with E-state index in [0.717, 1.165) is 35.8 Å². The molecular weight excluding hydrogens is 240 g/mol. The van der Waals surface area contributed by atoms with E-state index in [9.17, 15) is 0 Å². The van der Waals surface area contributed by atoms with Crippen molar-refractivity contribution in [3.8, 4) is 0 Å². The zero-order chi connectivity index (χ0) is 13.1. The highest BCUT2D eigenvalue weighted by molar-refractivity contribution is 7.99. The number of hydrogen-bond acceptors (Lipinski definition) is 3. The van der Waals surface area contributed by atoms with Gasteiger partial charge in [-0.3, -0.25) is 4.90 Å². The number of nitrogens with zero attached hydrogens (tertiary/aromatic N) is 1. The fraction of sp³-hybridized carbons (Fsp3) is 1.00. The third-order valence-corrected chi connectivity index (χ3v) is 6.34. The topological polar surface area (TPSA) is 15.3 Å². The Balaban J connectivity index is 1.91. The summed E-state index contributed by atoms with van der Waals surface area (Å²) in [6, 6.07) is 2.34. The Morgan fingerprint density at radius 1 is 1.22 bits per heavy atom. The lowest BCUT2D eigenvalue weighted by atomic mass is 9.85. The summed E-state index contributed by atoms with van der Waals surface area (Å²) in [6.45, 7) is 9.52. The summed E-state index contributed by atoms with van der Waals surface area (Å²) in [4.78, 5) is 2.81. The Hall–Kier alpha value is 0.270. The number of likely N-dealkylation sites (tertiary alicyclic amines) is 1. The van der Waals surface area contributed by atoms with Gasteiger partial charge in [0.05, 0.1) is 0 Å². The number of nitrogens with one attached hydrogen (secondary N) is 1. The van der Waals surface area contributed by atoms with Crippen molar-refractivity contribution < 1.29 is 0 Å². The molecular formula is C15H30N2S. The Labute approximate surface area is 117 Å². The highest BCUT2D eigenvalue weighted by Gasteiger charge is 2.38. The van der Waals surface area contributed by atoms with E-state index < -0.39 is 0 Å². The lowest BCUT2D eigenvalue weighted by molar-refractivity contribution is 0.0494. The SMILES string of the molecule is CCNC1CCN(C2CCC(SC)C2)C(C)C1C. The van der Waals surface area contributed by atoms with Crippen LogP contribution in [0.3, 0.4) is 0 Å². The van der Waals surface area contributed by atoms with E-state index >= 15 is 0 Å². The van der Waals surface area contributed by atoms with Crippen LogP contribution in [0.25, 0.3) is 0 Å². The Morgan fingerprint density at radius 2 is 2.00 bits per heavy atom.